The van der Waals surface area contributed by atoms with Crippen molar-refractivity contribution in [2.24, 2.45) is 16.3 Å². The monoisotopic (exact) mass is 283 g/mol. The fourth-order valence-corrected chi connectivity index (χ4v) is 3.02. The third-order valence-electron chi connectivity index (χ3n) is 4.53. The zero-order chi connectivity index (χ0) is 14.4. The van der Waals surface area contributed by atoms with Crippen LogP contribution in [0.5, 0.6) is 0 Å². The summed E-state index contributed by atoms with van der Waals surface area (Å²) < 4.78 is 5.76. The number of amides is 1. The highest BCUT2D eigenvalue weighted by molar-refractivity contribution is 6.07. The molecule has 0 aliphatic heterocycles. The standard InChI is InChI=1S/C14H25N3O3/c15-12(17-19)14(7-4-8-14)13(18)16-9-10-20-11-5-2-1-3-6-11/h11,19H,1-10H2,(H2,15,17)(H,16,18). The smallest absolute Gasteiger partial charge is 0.234 e. The summed E-state index contributed by atoms with van der Waals surface area (Å²) in [5.74, 6) is -0.124. The summed E-state index contributed by atoms with van der Waals surface area (Å²) in [4.78, 5) is 12.2. The van der Waals surface area contributed by atoms with Crippen LogP contribution in [0.15, 0.2) is 5.16 Å². The fraction of sp³-hybridized carbons (Fsp3) is 0.857. The number of nitrogens with one attached hydrogen (secondary N) is 1. The van der Waals surface area contributed by atoms with Gasteiger partial charge in [0.05, 0.1) is 12.7 Å². The summed E-state index contributed by atoms with van der Waals surface area (Å²) >= 11 is 0. The van der Waals surface area contributed by atoms with Gasteiger partial charge in [-0.05, 0) is 25.7 Å². The van der Waals surface area contributed by atoms with E-state index in [9.17, 15) is 4.79 Å². The van der Waals surface area contributed by atoms with Crippen molar-refractivity contribution in [2.45, 2.75) is 57.5 Å². The highest BCUT2D eigenvalue weighted by atomic mass is 16.5. The van der Waals surface area contributed by atoms with Crippen LogP contribution in [0.3, 0.4) is 0 Å². The van der Waals surface area contributed by atoms with Gasteiger partial charge in [0.2, 0.25) is 5.91 Å². The van der Waals surface area contributed by atoms with Crippen LogP contribution in [0.4, 0.5) is 0 Å². The average Bonchev–Trinajstić information content (AvgIpc) is 2.43. The maximum atomic E-state index is 12.2. The van der Waals surface area contributed by atoms with Crippen molar-refractivity contribution in [3.63, 3.8) is 0 Å². The average molecular weight is 283 g/mol. The van der Waals surface area contributed by atoms with Crippen molar-refractivity contribution in [3.05, 3.63) is 0 Å². The summed E-state index contributed by atoms with van der Waals surface area (Å²) in [6.45, 7) is 1.01. The van der Waals surface area contributed by atoms with Gasteiger partial charge in [0.25, 0.3) is 0 Å². The second-order valence-electron chi connectivity index (χ2n) is 5.81. The van der Waals surface area contributed by atoms with Crippen LogP contribution in [-0.2, 0) is 9.53 Å². The Morgan fingerprint density at radius 3 is 2.55 bits per heavy atom. The molecule has 20 heavy (non-hydrogen) atoms. The molecule has 6 nitrogen and oxygen atoms in total. The molecule has 2 saturated carbocycles. The van der Waals surface area contributed by atoms with E-state index >= 15 is 0 Å². The Balaban J connectivity index is 1.69. The number of amidine groups is 1. The molecule has 2 aliphatic rings. The molecule has 0 unspecified atom stereocenters. The maximum Gasteiger partial charge on any atom is 0.234 e. The third-order valence-corrected chi connectivity index (χ3v) is 4.53. The van der Waals surface area contributed by atoms with Crippen LogP contribution in [-0.4, -0.2) is 36.2 Å². The van der Waals surface area contributed by atoms with E-state index < -0.39 is 5.41 Å². The Morgan fingerprint density at radius 2 is 2.00 bits per heavy atom. The Bertz CT molecular complexity index is 361. The molecule has 6 heteroatoms. The van der Waals surface area contributed by atoms with Crippen LogP contribution < -0.4 is 11.1 Å². The molecule has 0 atom stereocenters. The van der Waals surface area contributed by atoms with E-state index in [-0.39, 0.29) is 11.7 Å². The first-order valence-electron chi connectivity index (χ1n) is 7.57. The predicted molar refractivity (Wildman–Crippen MR) is 75.5 cm³/mol. The second kappa shape index (κ2) is 6.92. The second-order valence-corrected chi connectivity index (χ2v) is 5.81. The summed E-state index contributed by atoms with van der Waals surface area (Å²) in [7, 11) is 0. The zero-order valence-electron chi connectivity index (χ0n) is 11.9. The molecule has 2 aliphatic carbocycles. The lowest BCUT2D eigenvalue weighted by atomic mass is 9.67. The highest BCUT2D eigenvalue weighted by Crippen LogP contribution is 2.41. The first-order chi connectivity index (χ1) is 9.69. The number of hydrogen-bond donors (Lipinski definition) is 3. The molecule has 1 amide bonds. The minimum atomic E-state index is -0.792. The summed E-state index contributed by atoms with van der Waals surface area (Å²) in [5, 5.41) is 14.6. The minimum Gasteiger partial charge on any atom is -0.409 e. The Hall–Kier alpha value is -1.30. The summed E-state index contributed by atoms with van der Waals surface area (Å²) in [6.07, 6.45) is 8.62. The van der Waals surface area contributed by atoms with E-state index in [1.54, 1.807) is 0 Å². The number of carbonyl (C=O) groups excluding carboxylic acids is 1. The number of nitrogens with zero attached hydrogens (tertiary/aromatic N) is 1. The summed E-state index contributed by atoms with van der Waals surface area (Å²) in [6, 6.07) is 0. The minimum absolute atomic E-state index is 0.0226. The quantitative estimate of drug-likeness (QED) is 0.225. The van der Waals surface area contributed by atoms with Gasteiger partial charge in [0, 0.05) is 6.54 Å². The Kier molecular flexibility index (Phi) is 5.23. The molecule has 0 radical (unpaired) electrons. The molecule has 0 aromatic rings. The molecule has 0 spiro atoms. The molecule has 4 N–H and O–H groups in total. The van der Waals surface area contributed by atoms with Gasteiger partial charge in [-0.2, -0.15) is 0 Å². The number of hydrogen-bond acceptors (Lipinski definition) is 4. The molecule has 0 bridgehead atoms. The van der Waals surface area contributed by atoms with Gasteiger partial charge in [0.1, 0.15) is 5.41 Å². The molecule has 0 saturated heterocycles. The SMILES string of the molecule is NC(=NO)C1(C(=O)NCCOC2CCCCC2)CCC1. The number of carbonyl (C=O) groups is 1. The highest BCUT2D eigenvalue weighted by Gasteiger charge is 2.48. The van der Waals surface area contributed by atoms with E-state index in [4.69, 9.17) is 15.7 Å². The number of ether oxygens (including phenoxy) is 1. The lowest BCUT2D eigenvalue weighted by molar-refractivity contribution is -0.131. The van der Waals surface area contributed by atoms with Gasteiger partial charge in [-0.3, -0.25) is 4.79 Å². The zero-order valence-corrected chi connectivity index (χ0v) is 11.9. The van der Waals surface area contributed by atoms with Crippen molar-refractivity contribution < 1.29 is 14.7 Å². The summed E-state index contributed by atoms with van der Waals surface area (Å²) in [5.41, 5.74) is 4.85. The first kappa shape index (κ1) is 15.1. The van der Waals surface area contributed by atoms with Gasteiger partial charge in [-0.1, -0.05) is 30.8 Å². The van der Waals surface area contributed by atoms with Crippen molar-refractivity contribution >= 4 is 11.7 Å². The van der Waals surface area contributed by atoms with Gasteiger partial charge in [-0.25, -0.2) is 0 Å². The topological polar surface area (TPSA) is 96.9 Å². The van der Waals surface area contributed by atoms with Crippen LogP contribution in [0.1, 0.15) is 51.4 Å². The van der Waals surface area contributed by atoms with Gasteiger partial charge in [0.15, 0.2) is 5.84 Å². The van der Waals surface area contributed by atoms with Gasteiger partial charge >= 0.3 is 0 Å². The van der Waals surface area contributed by atoms with Crippen molar-refractivity contribution in [2.75, 3.05) is 13.2 Å². The number of rotatable bonds is 6. The van der Waals surface area contributed by atoms with E-state index in [0.29, 0.717) is 32.1 Å². The van der Waals surface area contributed by atoms with Crippen molar-refractivity contribution in [1.82, 2.24) is 5.32 Å². The Labute approximate surface area is 119 Å². The Morgan fingerprint density at radius 1 is 1.30 bits per heavy atom. The van der Waals surface area contributed by atoms with E-state index in [2.05, 4.69) is 10.5 Å². The van der Waals surface area contributed by atoms with E-state index in [1.165, 1.54) is 19.3 Å². The third kappa shape index (κ3) is 3.23. The van der Waals surface area contributed by atoms with Gasteiger partial charge in [-0.15, -0.1) is 0 Å². The first-order valence-corrected chi connectivity index (χ1v) is 7.57. The van der Waals surface area contributed by atoms with Crippen molar-refractivity contribution in [1.29, 1.82) is 0 Å². The van der Waals surface area contributed by atoms with Crippen molar-refractivity contribution in [3.8, 4) is 0 Å². The molecule has 0 heterocycles. The molecular weight excluding hydrogens is 258 g/mol. The number of nitrogens with two attached hydrogens (primary N) is 1. The van der Waals surface area contributed by atoms with E-state index in [0.717, 1.165) is 19.3 Å². The lowest BCUT2D eigenvalue weighted by Crippen LogP contribution is -2.54. The van der Waals surface area contributed by atoms with E-state index in [1.807, 2.05) is 0 Å². The lowest BCUT2D eigenvalue weighted by Gasteiger charge is -2.38. The molecule has 2 fully saturated rings. The van der Waals surface area contributed by atoms with Crippen LogP contribution in [0.2, 0.25) is 0 Å². The van der Waals surface area contributed by atoms with Crippen LogP contribution in [0.25, 0.3) is 0 Å². The normalized spacial score (nSPS) is 23.1. The van der Waals surface area contributed by atoms with Crippen LogP contribution in [0, 0.1) is 5.41 Å². The van der Waals surface area contributed by atoms with Gasteiger partial charge < -0.3 is 21.0 Å². The van der Waals surface area contributed by atoms with Crippen LogP contribution >= 0.6 is 0 Å². The predicted octanol–water partition coefficient (Wildman–Crippen LogP) is 1.37. The maximum absolute atomic E-state index is 12.2. The fourth-order valence-electron chi connectivity index (χ4n) is 3.02. The molecule has 114 valence electrons. The number of oxime groups is 1. The molecule has 0 aromatic heterocycles. The molecule has 0 aromatic carbocycles. The largest absolute Gasteiger partial charge is 0.409 e. The molecule has 2 rings (SSSR count). The molecular formula is C14H25N3O3.